The Kier molecular flexibility index (Phi) is 4.83. The number of nitrogens with zero attached hydrogens (tertiary/aromatic N) is 2. The van der Waals surface area contributed by atoms with Gasteiger partial charge in [0.15, 0.2) is 0 Å². The minimum atomic E-state index is 0.172. The van der Waals surface area contributed by atoms with Gasteiger partial charge in [0.25, 0.3) is 0 Å². The Morgan fingerprint density at radius 2 is 1.88 bits per heavy atom. The third-order valence-electron chi connectivity index (χ3n) is 7.37. The summed E-state index contributed by atoms with van der Waals surface area (Å²) in [5.74, 6) is 0.172. The molecular formula is C22H32N2O2. The van der Waals surface area contributed by atoms with Gasteiger partial charge in [-0.2, -0.15) is 0 Å². The normalized spacial score (nSPS) is 36.8. The number of methoxy groups -OCH3 is 1. The zero-order chi connectivity index (χ0) is 18.3. The third-order valence-corrected chi connectivity index (χ3v) is 7.37. The number of carbonyl (C=O) groups is 1. The molecule has 0 unspecified atom stereocenters. The van der Waals surface area contributed by atoms with E-state index in [0.29, 0.717) is 18.1 Å². The topological polar surface area (TPSA) is 32.8 Å². The van der Waals surface area contributed by atoms with Gasteiger partial charge in [-0.25, -0.2) is 0 Å². The fourth-order valence-electron chi connectivity index (χ4n) is 6.25. The average Bonchev–Trinajstić information content (AvgIpc) is 2.75. The molecule has 2 saturated heterocycles. The number of hydrogen-bond donors (Lipinski definition) is 0. The summed E-state index contributed by atoms with van der Waals surface area (Å²) in [6, 6.07) is 12.3. The van der Waals surface area contributed by atoms with Crippen LogP contribution in [0.1, 0.15) is 44.6 Å². The maximum atomic E-state index is 13.2. The third kappa shape index (κ3) is 2.78. The van der Waals surface area contributed by atoms with E-state index in [2.05, 4.69) is 54.1 Å². The lowest BCUT2D eigenvalue weighted by atomic mass is 9.69. The fourth-order valence-corrected chi connectivity index (χ4v) is 6.25. The van der Waals surface area contributed by atoms with Crippen molar-refractivity contribution >= 4 is 5.91 Å². The molecule has 4 rings (SSSR count). The molecule has 1 amide bonds. The van der Waals surface area contributed by atoms with Crippen molar-refractivity contribution in [3.8, 4) is 0 Å². The van der Waals surface area contributed by atoms with Crippen LogP contribution in [-0.4, -0.2) is 60.6 Å². The van der Waals surface area contributed by atoms with Gasteiger partial charge in [-0.1, -0.05) is 50.1 Å². The van der Waals surface area contributed by atoms with Crippen LogP contribution in [0.2, 0.25) is 0 Å². The Balaban J connectivity index is 1.74. The zero-order valence-corrected chi connectivity index (χ0v) is 16.4. The molecule has 0 aromatic heterocycles. The average molecular weight is 357 g/mol. The van der Waals surface area contributed by atoms with Gasteiger partial charge in [-0.05, 0) is 38.3 Å². The van der Waals surface area contributed by atoms with Gasteiger partial charge in [0, 0.05) is 30.7 Å². The Hall–Kier alpha value is -1.39. The summed E-state index contributed by atoms with van der Waals surface area (Å²) >= 11 is 0. The monoisotopic (exact) mass is 356 g/mol. The molecule has 2 bridgehead atoms. The highest BCUT2D eigenvalue weighted by atomic mass is 16.5. The summed E-state index contributed by atoms with van der Waals surface area (Å²) in [5.41, 5.74) is 1.54. The Morgan fingerprint density at radius 1 is 1.19 bits per heavy atom. The first-order chi connectivity index (χ1) is 12.6. The number of ether oxygens (including phenoxy) is 1. The van der Waals surface area contributed by atoms with Crippen molar-refractivity contribution in [3.63, 3.8) is 0 Å². The highest BCUT2D eigenvalue weighted by Crippen LogP contribution is 2.54. The van der Waals surface area contributed by atoms with Crippen LogP contribution in [0.4, 0.5) is 0 Å². The van der Waals surface area contributed by atoms with Gasteiger partial charge < -0.3 is 9.64 Å². The molecule has 5 atom stereocenters. The highest BCUT2D eigenvalue weighted by molar-refractivity contribution is 5.78. The van der Waals surface area contributed by atoms with E-state index < -0.39 is 0 Å². The van der Waals surface area contributed by atoms with Crippen LogP contribution in [0, 0.1) is 5.41 Å². The number of likely N-dealkylation sites (tertiary alicyclic amines) is 2. The largest absolute Gasteiger partial charge is 0.375 e. The van der Waals surface area contributed by atoms with Crippen molar-refractivity contribution in [2.75, 3.05) is 20.8 Å². The van der Waals surface area contributed by atoms with Crippen LogP contribution in [-0.2, 0) is 16.0 Å². The first kappa shape index (κ1) is 18.0. The van der Waals surface area contributed by atoms with E-state index in [0.717, 1.165) is 12.8 Å². The van der Waals surface area contributed by atoms with Crippen LogP contribution in [0.5, 0.6) is 0 Å². The molecule has 26 heavy (non-hydrogen) atoms. The van der Waals surface area contributed by atoms with Gasteiger partial charge in [0.2, 0.25) is 5.91 Å². The standard InChI is InChI=1S/C22H32N2O2/c1-22-14-18-17(13-16-9-5-4-6-10-16)24(21(25)15-26-3)20(22)12-8-7-11-19(22)23(18)2/h4-6,9-10,17-20H,7-8,11-15H2,1-3H3/t17-,18+,19+,20-,22+/m1/s1. The fraction of sp³-hybridized carbons (Fsp3) is 0.682. The lowest BCUT2D eigenvalue weighted by molar-refractivity contribution is -0.147. The van der Waals surface area contributed by atoms with Crippen molar-refractivity contribution in [3.05, 3.63) is 35.9 Å². The van der Waals surface area contributed by atoms with E-state index in [1.807, 2.05) is 0 Å². The number of fused-ring (bicyclic) bond motifs is 1. The minimum Gasteiger partial charge on any atom is -0.375 e. The maximum Gasteiger partial charge on any atom is 0.249 e. The van der Waals surface area contributed by atoms with E-state index in [-0.39, 0.29) is 24.0 Å². The molecule has 1 saturated carbocycles. The van der Waals surface area contributed by atoms with E-state index in [4.69, 9.17) is 4.74 Å². The highest BCUT2D eigenvalue weighted by Gasteiger charge is 2.61. The Bertz CT molecular complexity index is 649. The van der Waals surface area contributed by atoms with E-state index in [1.165, 1.54) is 31.2 Å². The van der Waals surface area contributed by atoms with Crippen LogP contribution in [0.3, 0.4) is 0 Å². The molecular weight excluding hydrogens is 324 g/mol. The van der Waals surface area contributed by atoms with Gasteiger partial charge in [-0.3, -0.25) is 9.69 Å². The number of carbonyl (C=O) groups excluding carboxylic acids is 1. The summed E-state index contributed by atoms with van der Waals surface area (Å²) in [7, 11) is 3.93. The van der Waals surface area contributed by atoms with Crippen molar-refractivity contribution in [1.82, 2.24) is 9.80 Å². The first-order valence-electron chi connectivity index (χ1n) is 10.1. The summed E-state index contributed by atoms with van der Waals surface area (Å²) in [6.07, 6.45) is 7.06. The lowest BCUT2D eigenvalue weighted by Crippen LogP contribution is -2.62. The molecule has 3 fully saturated rings. The Morgan fingerprint density at radius 3 is 2.58 bits per heavy atom. The van der Waals surface area contributed by atoms with Crippen LogP contribution >= 0.6 is 0 Å². The summed E-state index contributed by atoms with van der Waals surface area (Å²) in [5, 5.41) is 0. The minimum absolute atomic E-state index is 0.172. The smallest absolute Gasteiger partial charge is 0.249 e. The molecule has 1 aliphatic carbocycles. The van der Waals surface area contributed by atoms with Crippen LogP contribution in [0.25, 0.3) is 0 Å². The number of hydrogen-bond acceptors (Lipinski definition) is 3. The van der Waals surface area contributed by atoms with Gasteiger partial charge >= 0.3 is 0 Å². The second-order valence-corrected chi connectivity index (χ2v) is 8.75. The predicted molar refractivity (Wildman–Crippen MR) is 103 cm³/mol. The molecule has 1 aromatic carbocycles. The van der Waals surface area contributed by atoms with Crippen molar-refractivity contribution in [1.29, 1.82) is 0 Å². The van der Waals surface area contributed by atoms with Crippen molar-refractivity contribution in [2.45, 2.75) is 69.6 Å². The number of benzene rings is 1. The molecule has 1 aromatic rings. The molecule has 0 N–H and O–H groups in total. The lowest BCUT2D eigenvalue weighted by Gasteiger charge is -2.51. The van der Waals surface area contributed by atoms with Gasteiger partial charge in [-0.15, -0.1) is 0 Å². The quantitative estimate of drug-likeness (QED) is 0.831. The molecule has 2 aliphatic heterocycles. The second kappa shape index (κ2) is 6.97. The van der Waals surface area contributed by atoms with E-state index in [1.54, 1.807) is 7.11 Å². The molecule has 0 spiro atoms. The second-order valence-electron chi connectivity index (χ2n) is 8.75. The van der Waals surface area contributed by atoms with E-state index in [9.17, 15) is 4.79 Å². The molecule has 4 heteroatoms. The number of piperidine rings is 1. The summed E-state index contributed by atoms with van der Waals surface area (Å²) in [4.78, 5) is 18.0. The van der Waals surface area contributed by atoms with Crippen LogP contribution in [0.15, 0.2) is 30.3 Å². The number of amides is 1. The van der Waals surface area contributed by atoms with Crippen LogP contribution < -0.4 is 0 Å². The van der Waals surface area contributed by atoms with Crippen molar-refractivity contribution < 1.29 is 9.53 Å². The maximum absolute atomic E-state index is 13.2. The van der Waals surface area contributed by atoms with E-state index >= 15 is 0 Å². The first-order valence-corrected chi connectivity index (χ1v) is 10.1. The van der Waals surface area contributed by atoms with Gasteiger partial charge in [0.05, 0.1) is 6.04 Å². The van der Waals surface area contributed by atoms with Gasteiger partial charge in [0.1, 0.15) is 6.61 Å². The molecule has 2 heterocycles. The van der Waals surface area contributed by atoms with Crippen molar-refractivity contribution in [2.24, 2.45) is 5.41 Å². The molecule has 0 radical (unpaired) electrons. The molecule has 3 aliphatic rings. The summed E-state index contributed by atoms with van der Waals surface area (Å²) in [6.45, 7) is 2.63. The zero-order valence-electron chi connectivity index (χ0n) is 16.4. The molecule has 142 valence electrons. The number of rotatable bonds is 4. The summed E-state index contributed by atoms with van der Waals surface area (Å²) < 4.78 is 5.27. The predicted octanol–water partition coefficient (Wildman–Crippen LogP) is 3.11. The SMILES string of the molecule is COCC(=O)N1[C@H](Cc2ccccc2)[C@@H]2C[C@@]3(C)[C@H](CCCC[C@@H]13)N2C. The Labute approximate surface area is 157 Å². The molecule has 4 nitrogen and oxygen atoms in total. The number of likely N-dealkylation sites (N-methyl/N-ethyl adjacent to an activating group) is 1.